The number of ether oxygens (including phenoxy) is 1. The van der Waals surface area contributed by atoms with E-state index in [4.69, 9.17) is 9.72 Å². The van der Waals surface area contributed by atoms with Gasteiger partial charge in [0.25, 0.3) is 0 Å². The molecule has 88 valence electrons. The third-order valence-corrected chi connectivity index (χ3v) is 4.13. The van der Waals surface area contributed by atoms with Crippen LogP contribution < -0.4 is 10.2 Å². The quantitative estimate of drug-likeness (QED) is 0.846. The number of anilines is 1. The maximum absolute atomic E-state index is 5.35. The Labute approximate surface area is 99.6 Å². The summed E-state index contributed by atoms with van der Waals surface area (Å²) in [6, 6.07) is 0.492. The van der Waals surface area contributed by atoms with Gasteiger partial charge in [-0.25, -0.2) is 4.98 Å². The van der Waals surface area contributed by atoms with Crippen molar-refractivity contribution in [2.75, 3.05) is 37.7 Å². The van der Waals surface area contributed by atoms with Crippen LogP contribution >= 0.6 is 11.3 Å². The van der Waals surface area contributed by atoms with Gasteiger partial charge in [0.15, 0.2) is 5.13 Å². The van der Waals surface area contributed by atoms with E-state index in [0.29, 0.717) is 6.04 Å². The van der Waals surface area contributed by atoms with Crippen molar-refractivity contribution in [3.63, 3.8) is 0 Å². The average Bonchev–Trinajstić information content (AvgIpc) is 3.01. The Morgan fingerprint density at radius 2 is 2.31 bits per heavy atom. The Hall–Kier alpha value is -0.650. The first kappa shape index (κ1) is 10.5. The van der Waals surface area contributed by atoms with Crippen molar-refractivity contribution in [2.45, 2.75) is 18.9 Å². The van der Waals surface area contributed by atoms with E-state index in [1.54, 1.807) is 11.3 Å². The van der Waals surface area contributed by atoms with Crippen LogP contribution in [0, 0.1) is 0 Å². The molecule has 4 nitrogen and oxygen atoms in total. The molecular formula is C11H17N3OS. The second-order valence-electron chi connectivity index (χ2n) is 4.30. The summed E-state index contributed by atoms with van der Waals surface area (Å²) in [6.45, 7) is 4.75. The van der Waals surface area contributed by atoms with E-state index in [1.165, 1.54) is 18.5 Å². The molecular weight excluding hydrogens is 222 g/mol. The lowest BCUT2D eigenvalue weighted by atomic mass is 10.2. The smallest absolute Gasteiger partial charge is 0.185 e. The van der Waals surface area contributed by atoms with Gasteiger partial charge in [0.05, 0.1) is 24.9 Å². The second-order valence-corrected chi connectivity index (χ2v) is 5.14. The first-order valence-electron chi connectivity index (χ1n) is 5.95. The zero-order chi connectivity index (χ0) is 10.8. The third kappa shape index (κ3) is 2.07. The summed E-state index contributed by atoms with van der Waals surface area (Å²) in [4.78, 5) is 7.07. The van der Waals surface area contributed by atoms with E-state index in [9.17, 15) is 0 Å². The zero-order valence-corrected chi connectivity index (χ0v) is 10.1. The van der Waals surface area contributed by atoms with Crippen LogP contribution in [0.5, 0.6) is 0 Å². The minimum Gasteiger partial charge on any atom is -0.378 e. The molecule has 2 aliphatic rings. The molecule has 0 radical (unpaired) electrons. The van der Waals surface area contributed by atoms with Gasteiger partial charge in [-0.05, 0) is 19.4 Å². The van der Waals surface area contributed by atoms with Crippen molar-refractivity contribution in [2.24, 2.45) is 0 Å². The van der Waals surface area contributed by atoms with Crippen molar-refractivity contribution >= 4 is 16.5 Å². The topological polar surface area (TPSA) is 37.4 Å². The SMILES string of the molecule is c1sc(N2CCOCC2)nc1C1CCCN1. The fourth-order valence-electron chi connectivity index (χ4n) is 2.27. The van der Waals surface area contributed by atoms with Crippen molar-refractivity contribution in [1.29, 1.82) is 0 Å². The highest BCUT2D eigenvalue weighted by Crippen LogP contribution is 2.28. The average molecular weight is 239 g/mol. The van der Waals surface area contributed by atoms with Crippen LogP contribution in [0.25, 0.3) is 0 Å². The van der Waals surface area contributed by atoms with E-state index in [2.05, 4.69) is 15.6 Å². The number of nitrogens with one attached hydrogen (secondary N) is 1. The molecule has 3 rings (SSSR count). The third-order valence-electron chi connectivity index (χ3n) is 3.21. The van der Waals surface area contributed by atoms with Crippen molar-refractivity contribution in [3.8, 4) is 0 Å². The molecule has 1 aromatic rings. The maximum atomic E-state index is 5.35. The second kappa shape index (κ2) is 4.69. The standard InChI is InChI=1S/C11H17N3OS/c1-2-9(12-3-1)10-8-16-11(13-10)14-4-6-15-7-5-14/h8-9,12H,1-7H2. The van der Waals surface area contributed by atoms with Gasteiger partial charge in [0, 0.05) is 18.5 Å². The van der Waals surface area contributed by atoms with Gasteiger partial charge < -0.3 is 15.0 Å². The van der Waals surface area contributed by atoms with Gasteiger partial charge in [-0.2, -0.15) is 0 Å². The number of hydrogen-bond acceptors (Lipinski definition) is 5. The highest BCUT2D eigenvalue weighted by Gasteiger charge is 2.21. The minimum absolute atomic E-state index is 0.492. The number of nitrogens with zero attached hydrogens (tertiary/aromatic N) is 2. The molecule has 0 aliphatic carbocycles. The van der Waals surface area contributed by atoms with Gasteiger partial charge in [-0.3, -0.25) is 0 Å². The lowest BCUT2D eigenvalue weighted by Gasteiger charge is -2.26. The summed E-state index contributed by atoms with van der Waals surface area (Å²) in [6.07, 6.45) is 2.50. The van der Waals surface area contributed by atoms with Crippen LogP contribution in [0.2, 0.25) is 0 Å². The normalized spacial score (nSPS) is 26.2. The minimum atomic E-state index is 0.492. The molecule has 0 amide bonds. The molecule has 0 spiro atoms. The Balaban J connectivity index is 1.71. The van der Waals surface area contributed by atoms with Gasteiger partial charge in [-0.15, -0.1) is 11.3 Å². The fourth-order valence-corrected chi connectivity index (χ4v) is 3.21. The van der Waals surface area contributed by atoms with Crippen LogP contribution in [0.4, 0.5) is 5.13 Å². The van der Waals surface area contributed by atoms with Crippen LogP contribution in [0.15, 0.2) is 5.38 Å². The predicted molar refractivity (Wildman–Crippen MR) is 65.1 cm³/mol. The molecule has 2 saturated heterocycles. The van der Waals surface area contributed by atoms with Gasteiger partial charge in [0.2, 0.25) is 0 Å². The predicted octanol–water partition coefficient (Wildman–Crippen LogP) is 1.40. The van der Waals surface area contributed by atoms with E-state index >= 15 is 0 Å². The molecule has 1 unspecified atom stereocenters. The number of morpholine rings is 1. The number of thiazole rings is 1. The molecule has 1 N–H and O–H groups in total. The van der Waals surface area contributed by atoms with Crippen LogP contribution in [0.1, 0.15) is 24.6 Å². The van der Waals surface area contributed by atoms with Crippen LogP contribution in [-0.2, 0) is 4.74 Å². The first-order valence-corrected chi connectivity index (χ1v) is 6.83. The maximum Gasteiger partial charge on any atom is 0.185 e. The molecule has 16 heavy (non-hydrogen) atoms. The van der Waals surface area contributed by atoms with Crippen LogP contribution in [0.3, 0.4) is 0 Å². The van der Waals surface area contributed by atoms with Gasteiger partial charge in [-0.1, -0.05) is 0 Å². The molecule has 0 aromatic carbocycles. The highest BCUT2D eigenvalue weighted by molar-refractivity contribution is 7.13. The fraction of sp³-hybridized carbons (Fsp3) is 0.727. The van der Waals surface area contributed by atoms with Crippen molar-refractivity contribution in [1.82, 2.24) is 10.3 Å². The Bertz CT molecular complexity index is 343. The van der Waals surface area contributed by atoms with Crippen molar-refractivity contribution in [3.05, 3.63) is 11.1 Å². The Morgan fingerprint density at radius 1 is 1.44 bits per heavy atom. The van der Waals surface area contributed by atoms with Crippen LogP contribution in [-0.4, -0.2) is 37.8 Å². The number of aromatic nitrogens is 1. The summed E-state index contributed by atoms with van der Waals surface area (Å²) in [5.74, 6) is 0. The lowest BCUT2D eigenvalue weighted by molar-refractivity contribution is 0.122. The lowest BCUT2D eigenvalue weighted by Crippen LogP contribution is -2.36. The number of hydrogen-bond donors (Lipinski definition) is 1. The molecule has 0 bridgehead atoms. The summed E-state index contributed by atoms with van der Waals surface area (Å²) >= 11 is 1.76. The molecule has 1 atom stereocenters. The molecule has 0 saturated carbocycles. The summed E-state index contributed by atoms with van der Waals surface area (Å²) in [7, 11) is 0. The van der Waals surface area contributed by atoms with Crippen molar-refractivity contribution < 1.29 is 4.74 Å². The summed E-state index contributed by atoms with van der Waals surface area (Å²) in [5.41, 5.74) is 1.23. The molecule has 5 heteroatoms. The van der Waals surface area contributed by atoms with E-state index < -0.39 is 0 Å². The van der Waals surface area contributed by atoms with E-state index in [-0.39, 0.29) is 0 Å². The Kier molecular flexibility index (Phi) is 3.08. The molecule has 1 aromatic heterocycles. The van der Waals surface area contributed by atoms with Gasteiger partial charge >= 0.3 is 0 Å². The molecule has 2 aliphatic heterocycles. The molecule has 2 fully saturated rings. The van der Waals surface area contributed by atoms with Gasteiger partial charge in [0.1, 0.15) is 0 Å². The van der Waals surface area contributed by atoms with E-state index in [0.717, 1.165) is 38.0 Å². The zero-order valence-electron chi connectivity index (χ0n) is 9.32. The largest absolute Gasteiger partial charge is 0.378 e. The van der Waals surface area contributed by atoms with E-state index in [1.807, 2.05) is 0 Å². The molecule has 3 heterocycles. The summed E-state index contributed by atoms with van der Waals surface area (Å²) < 4.78 is 5.35. The Morgan fingerprint density at radius 3 is 3.06 bits per heavy atom. The monoisotopic (exact) mass is 239 g/mol. The highest BCUT2D eigenvalue weighted by atomic mass is 32.1. The first-order chi connectivity index (χ1) is 7.93. The summed E-state index contributed by atoms with van der Waals surface area (Å²) in [5, 5.41) is 6.85. The number of rotatable bonds is 2.